The summed E-state index contributed by atoms with van der Waals surface area (Å²) in [6, 6.07) is 23.3. The molecule has 0 saturated carbocycles. The summed E-state index contributed by atoms with van der Waals surface area (Å²) < 4.78 is 3.91. The maximum absolute atomic E-state index is 12.2. The number of benzene rings is 2. The largest absolute Gasteiger partial charge is 0.363 e. The number of Topliss-reactive ketones (excluding diaryl/α,β-unsaturated/α-hetero) is 2. The molecule has 1 amide bonds. The SMILES string of the molecule is NC(=O)C(=O)c1c(-c2ccccc2)cc2n1CCCC2.O=C(Cl)C(=O)c1c(-c2ccccc2)cc2n1CCCC2. The Hall–Kier alpha value is -4.23. The molecule has 0 fully saturated rings. The number of carbonyl (C=O) groups excluding carboxylic acids is 4. The van der Waals surface area contributed by atoms with Crippen molar-refractivity contribution in [3.8, 4) is 22.3 Å². The molecule has 2 aliphatic rings. The number of ketones is 2. The van der Waals surface area contributed by atoms with Crippen LogP contribution in [-0.2, 0) is 35.5 Å². The molecule has 0 bridgehead atoms. The second-order valence-electron chi connectivity index (χ2n) is 10.0. The summed E-state index contributed by atoms with van der Waals surface area (Å²) in [5.74, 6) is -2.11. The topological polar surface area (TPSA) is 104 Å². The van der Waals surface area contributed by atoms with Gasteiger partial charge in [0.05, 0.1) is 0 Å². The molecular weight excluding hydrogens is 526 g/mol. The Morgan fingerprint density at radius 1 is 0.625 bits per heavy atom. The Kier molecular flexibility index (Phi) is 8.12. The van der Waals surface area contributed by atoms with Gasteiger partial charge in [0.15, 0.2) is 0 Å². The average molecular weight is 556 g/mol. The molecule has 0 atom stereocenters. The van der Waals surface area contributed by atoms with Crippen molar-refractivity contribution < 1.29 is 19.2 Å². The van der Waals surface area contributed by atoms with E-state index in [-0.39, 0.29) is 0 Å². The van der Waals surface area contributed by atoms with Crippen LogP contribution in [-0.4, -0.2) is 31.9 Å². The number of fused-ring (bicyclic) bond motifs is 2. The molecule has 4 heterocycles. The minimum atomic E-state index is -0.923. The number of carbonyl (C=O) groups is 4. The van der Waals surface area contributed by atoms with Gasteiger partial charge in [-0.15, -0.1) is 0 Å². The molecule has 40 heavy (non-hydrogen) atoms. The number of hydrogen-bond donors (Lipinski definition) is 1. The highest BCUT2D eigenvalue weighted by Crippen LogP contribution is 2.32. The van der Waals surface area contributed by atoms with Crippen LogP contribution >= 0.6 is 11.6 Å². The predicted molar refractivity (Wildman–Crippen MR) is 154 cm³/mol. The number of primary amides is 1. The molecule has 2 N–H and O–H groups in total. The molecule has 2 aromatic carbocycles. The number of halogens is 1. The Morgan fingerprint density at radius 2 is 1.05 bits per heavy atom. The summed E-state index contributed by atoms with van der Waals surface area (Å²) in [5.41, 5.74) is 11.8. The first-order valence-electron chi connectivity index (χ1n) is 13.5. The first-order valence-corrected chi connectivity index (χ1v) is 13.9. The molecular formula is C32H30ClN3O4. The number of nitrogens with two attached hydrogens (primary N) is 1. The lowest BCUT2D eigenvalue weighted by molar-refractivity contribution is -0.114. The van der Waals surface area contributed by atoms with Crippen LogP contribution in [0.1, 0.15) is 58.0 Å². The van der Waals surface area contributed by atoms with Crippen molar-refractivity contribution in [2.24, 2.45) is 5.73 Å². The standard InChI is InChI=1S/C16H14ClNO2.C16H16N2O2/c2*17-16(20)15(19)14-13(11-6-2-1-3-7-11)10-12-8-4-5-9-18(12)14/h1-3,6-7,10H,4-5,8-9H2;1-3,6-7,10H,4-5,8-9H2,(H2,17,20). The van der Waals surface area contributed by atoms with Crippen LogP contribution in [0, 0.1) is 0 Å². The molecule has 0 radical (unpaired) electrons. The fraction of sp³-hybridized carbons (Fsp3) is 0.250. The lowest BCUT2D eigenvalue weighted by Gasteiger charge is -2.17. The van der Waals surface area contributed by atoms with Crippen molar-refractivity contribution in [1.29, 1.82) is 0 Å². The van der Waals surface area contributed by atoms with E-state index >= 15 is 0 Å². The zero-order chi connectivity index (χ0) is 28.2. The monoisotopic (exact) mass is 555 g/mol. The number of nitrogens with zero attached hydrogens (tertiary/aromatic N) is 2. The van der Waals surface area contributed by atoms with E-state index < -0.39 is 22.7 Å². The summed E-state index contributed by atoms with van der Waals surface area (Å²) in [7, 11) is 0. The number of rotatable bonds is 6. The fourth-order valence-electron chi connectivity index (χ4n) is 5.66. The van der Waals surface area contributed by atoms with Crippen molar-refractivity contribution in [2.45, 2.75) is 51.6 Å². The van der Waals surface area contributed by atoms with E-state index in [0.717, 1.165) is 85.3 Å². The highest BCUT2D eigenvalue weighted by molar-refractivity contribution is 6.83. The normalized spacial score (nSPS) is 13.8. The summed E-state index contributed by atoms with van der Waals surface area (Å²) in [5, 5.41) is -0.923. The van der Waals surface area contributed by atoms with Gasteiger partial charge in [-0.05, 0) is 73.4 Å². The van der Waals surface area contributed by atoms with Crippen molar-refractivity contribution in [1.82, 2.24) is 9.13 Å². The number of aromatic nitrogens is 2. The second-order valence-corrected chi connectivity index (χ2v) is 10.4. The zero-order valence-electron chi connectivity index (χ0n) is 22.1. The Bertz CT molecular complexity index is 1470. The predicted octanol–water partition coefficient (Wildman–Crippen LogP) is 5.60. The molecule has 204 valence electrons. The third-order valence-corrected chi connectivity index (χ3v) is 7.67. The molecule has 2 aliphatic heterocycles. The third kappa shape index (κ3) is 5.42. The van der Waals surface area contributed by atoms with Crippen molar-refractivity contribution in [2.75, 3.05) is 0 Å². The van der Waals surface area contributed by atoms with Gasteiger partial charge in [-0.3, -0.25) is 19.2 Å². The molecule has 2 aromatic heterocycles. The lowest BCUT2D eigenvalue weighted by atomic mass is 10.0. The Morgan fingerprint density at radius 3 is 1.45 bits per heavy atom. The number of hydrogen-bond acceptors (Lipinski definition) is 4. The molecule has 0 aliphatic carbocycles. The van der Waals surface area contributed by atoms with Gasteiger partial charge in [-0.25, -0.2) is 0 Å². The summed E-state index contributed by atoms with van der Waals surface area (Å²) in [6.45, 7) is 1.55. The average Bonchev–Trinajstić information content (AvgIpc) is 3.57. The quantitative estimate of drug-likeness (QED) is 0.190. The van der Waals surface area contributed by atoms with E-state index in [4.69, 9.17) is 17.3 Å². The van der Waals surface area contributed by atoms with E-state index in [0.29, 0.717) is 11.4 Å². The van der Waals surface area contributed by atoms with Crippen LogP contribution in [0.4, 0.5) is 0 Å². The Balaban J connectivity index is 0.000000161. The summed E-state index contributed by atoms with van der Waals surface area (Å²) in [4.78, 5) is 47.0. The van der Waals surface area contributed by atoms with Crippen LogP contribution in [0.5, 0.6) is 0 Å². The number of aryl methyl sites for hydroxylation is 2. The smallest absolute Gasteiger partial charge is 0.294 e. The maximum Gasteiger partial charge on any atom is 0.294 e. The molecule has 7 nitrogen and oxygen atoms in total. The van der Waals surface area contributed by atoms with Gasteiger partial charge < -0.3 is 14.9 Å². The van der Waals surface area contributed by atoms with Crippen molar-refractivity contribution >= 4 is 34.3 Å². The van der Waals surface area contributed by atoms with Gasteiger partial charge in [0.2, 0.25) is 0 Å². The Labute approximate surface area is 237 Å². The molecule has 0 spiro atoms. The van der Waals surface area contributed by atoms with Crippen molar-refractivity contribution in [3.63, 3.8) is 0 Å². The number of amides is 1. The maximum atomic E-state index is 12.2. The van der Waals surface area contributed by atoms with Gasteiger partial charge in [0, 0.05) is 35.6 Å². The van der Waals surface area contributed by atoms with E-state index in [9.17, 15) is 19.2 Å². The summed E-state index contributed by atoms with van der Waals surface area (Å²) >= 11 is 5.42. The van der Waals surface area contributed by atoms with Crippen LogP contribution < -0.4 is 5.73 Å². The minimum Gasteiger partial charge on any atom is -0.363 e. The van der Waals surface area contributed by atoms with Crippen LogP contribution in [0.2, 0.25) is 0 Å². The van der Waals surface area contributed by atoms with Crippen LogP contribution in [0.3, 0.4) is 0 Å². The first-order chi connectivity index (χ1) is 19.4. The van der Waals surface area contributed by atoms with Gasteiger partial charge in [0.1, 0.15) is 11.4 Å². The van der Waals surface area contributed by atoms with Crippen LogP contribution in [0.15, 0.2) is 72.8 Å². The van der Waals surface area contributed by atoms with E-state index in [2.05, 4.69) is 0 Å². The lowest BCUT2D eigenvalue weighted by Crippen LogP contribution is -2.27. The molecule has 0 saturated heterocycles. The molecule has 8 heteroatoms. The van der Waals surface area contributed by atoms with E-state index in [1.54, 1.807) is 0 Å². The highest BCUT2D eigenvalue weighted by atomic mass is 35.5. The zero-order valence-corrected chi connectivity index (χ0v) is 22.8. The summed E-state index contributed by atoms with van der Waals surface area (Å²) in [6.07, 6.45) is 6.14. The van der Waals surface area contributed by atoms with E-state index in [1.165, 1.54) is 0 Å². The second kappa shape index (κ2) is 11.9. The van der Waals surface area contributed by atoms with E-state index in [1.807, 2.05) is 81.9 Å². The van der Waals surface area contributed by atoms with Gasteiger partial charge in [-0.2, -0.15) is 0 Å². The van der Waals surface area contributed by atoms with Gasteiger partial charge in [-0.1, -0.05) is 60.7 Å². The van der Waals surface area contributed by atoms with Crippen molar-refractivity contribution in [3.05, 3.63) is 95.6 Å². The minimum absolute atomic E-state index is 0.436. The molecule has 4 aromatic rings. The first kappa shape index (κ1) is 27.3. The fourth-order valence-corrected chi connectivity index (χ4v) is 5.75. The third-order valence-electron chi connectivity index (χ3n) is 7.50. The van der Waals surface area contributed by atoms with Crippen LogP contribution in [0.25, 0.3) is 22.3 Å². The molecule has 0 unspecified atom stereocenters. The highest BCUT2D eigenvalue weighted by Gasteiger charge is 2.28. The van der Waals surface area contributed by atoms with Gasteiger partial charge in [0.25, 0.3) is 22.7 Å². The van der Waals surface area contributed by atoms with Gasteiger partial charge >= 0.3 is 0 Å². The molecule has 6 rings (SSSR count).